The van der Waals surface area contributed by atoms with E-state index in [1.54, 1.807) is 7.11 Å². The molecule has 1 rings (SSSR count). The second-order valence-electron chi connectivity index (χ2n) is 3.70. The summed E-state index contributed by atoms with van der Waals surface area (Å²) in [5.41, 5.74) is 0.921. The molecule has 2 atom stereocenters. The lowest BCUT2D eigenvalue weighted by molar-refractivity contribution is -0.141. The van der Waals surface area contributed by atoms with Crippen molar-refractivity contribution in [2.75, 3.05) is 13.7 Å². The number of hydrogen-bond acceptors (Lipinski definition) is 4. The van der Waals surface area contributed by atoms with Gasteiger partial charge in [0.25, 0.3) is 0 Å². The van der Waals surface area contributed by atoms with E-state index in [1.807, 2.05) is 18.2 Å². The smallest absolute Gasteiger partial charge is 0.308 e. The van der Waals surface area contributed by atoms with E-state index in [0.29, 0.717) is 6.42 Å². The van der Waals surface area contributed by atoms with Gasteiger partial charge in [-0.1, -0.05) is 29.0 Å². The van der Waals surface area contributed by atoms with E-state index < -0.39 is 11.9 Å². The predicted molar refractivity (Wildman–Crippen MR) is 59.0 cm³/mol. The fourth-order valence-corrected chi connectivity index (χ4v) is 1.58. The Bertz CT molecular complexity index is 322. The van der Waals surface area contributed by atoms with Crippen LogP contribution in [0.1, 0.15) is 12.8 Å². The first-order chi connectivity index (χ1) is 7.67. The number of carboxylic acid groups (broad SMARTS) is 1. The second-order valence-corrected chi connectivity index (χ2v) is 3.70. The van der Waals surface area contributed by atoms with Crippen LogP contribution in [0, 0.1) is 10.8 Å². The second kappa shape index (κ2) is 6.17. The zero-order valence-electron chi connectivity index (χ0n) is 9.13. The molecule has 1 unspecified atom stereocenters. The fraction of sp³-hybridized carbons (Fsp3) is 0.545. The third-order valence-electron chi connectivity index (χ3n) is 2.57. The van der Waals surface area contributed by atoms with Gasteiger partial charge < -0.3 is 9.84 Å². The van der Waals surface area contributed by atoms with Gasteiger partial charge in [0.15, 0.2) is 0 Å². The number of allylic oxidation sites excluding steroid dienone is 2. The van der Waals surface area contributed by atoms with Gasteiger partial charge in [-0.05, 0) is 12.8 Å². The molecule has 5 heteroatoms. The van der Waals surface area contributed by atoms with Crippen molar-refractivity contribution < 1.29 is 14.6 Å². The molecule has 5 nitrogen and oxygen atoms in total. The SMILES string of the molecule is CO[C@@H]1C=CC(CC(CN=O)C(=O)O)=CC1. The Morgan fingerprint density at radius 1 is 1.75 bits per heavy atom. The molecule has 0 heterocycles. The van der Waals surface area contributed by atoms with E-state index in [0.717, 1.165) is 12.0 Å². The molecule has 0 saturated carbocycles. The fourth-order valence-electron chi connectivity index (χ4n) is 1.58. The third kappa shape index (κ3) is 3.58. The van der Waals surface area contributed by atoms with Crippen LogP contribution in [0.2, 0.25) is 0 Å². The summed E-state index contributed by atoms with van der Waals surface area (Å²) >= 11 is 0. The minimum Gasteiger partial charge on any atom is -0.481 e. The molecule has 0 spiro atoms. The molecule has 0 aromatic carbocycles. The molecular weight excluding hydrogens is 210 g/mol. The molecule has 0 aromatic rings. The number of aliphatic carboxylic acids is 1. The van der Waals surface area contributed by atoms with E-state index >= 15 is 0 Å². The van der Waals surface area contributed by atoms with Crippen molar-refractivity contribution in [2.24, 2.45) is 11.1 Å². The first-order valence-electron chi connectivity index (χ1n) is 5.09. The van der Waals surface area contributed by atoms with E-state index in [2.05, 4.69) is 5.18 Å². The Morgan fingerprint density at radius 3 is 2.94 bits per heavy atom. The van der Waals surface area contributed by atoms with Crippen LogP contribution < -0.4 is 0 Å². The number of hydrogen-bond donors (Lipinski definition) is 1. The highest BCUT2D eigenvalue weighted by atomic mass is 16.5. The zero-order valence-corrected chi connectivity index (χ0v) is 9.13. The van der Waals surface area contributed by atoms with Gasteiger partial charge in [0.2, 0.25) is 0 Å². The molecule has 0 bridgehead atoms. The van der Waals surface area contributed by atoms with E-state index in [9.17, 15) is 9.70 Å². The average Bonchev–Trinajstić information content (AvgIpc) is 2.29. The topological polar surface area (TPSA) is 76.0 Å². The van der Waals surface area contributed by atoms with Gasteiger partial charge in [-0.25, -0.2) is 0 Å². The number of ether oxygens (including phenoxy) is 1. The molecule has 0 amide bonds. The molecular formula is C11H15NO4. The normalized spacial score (nSPS) is 21.3. The number of methoxy groups -OCH3 is 1. The zero-order chi connectivity index (χ0) is 12.0. The van der Waals surface area contributed by atoms with Gasteiger partial charge in [0.05, 0.1) is 18.6 Å². The van der Waals surface area contributed by atoms with Crippen LogP contribution in [-0.4, -0.2) is 30.8 Å². The summed E-state index contributed by atoms with van der Waals surface area (Å²) in [5, 5.41) is 11.5. The summed E-state index contributed by atoms with van der Waals surface area (Å²) in [7, 11) is 1.63. The highest BCUT2D eigenvalue weighted by Gasteiger charge is 2.19. The van der Waals surface area contributed by atoms with Crippen LogP contribution in [0.5, 0.6) is 0 Å². The average molecular weight is 225 g/mol. The highest BCUT2D eigenvalue weighted by molar-refractivity contribution is 5.70. The minimum atomic E-state index is -0.984. The van der Waals surface area contributed by atoms with Gasteiger partial charge in [-0.15, -0.1) is 0 Å². The highest BCUT2D eigenvalue weighted by Crippen LogP contribution is 2.20. The lowest BCUT2D eigenvalue weighted by Gasteiger charge is -2.16. The molecule has 0 aromatic heterocycles. The summed E-state index contributed by atoms with van der Waals surface area (Å²) in [6, 6.07) is 0. The van der Waals surface area contributed by atoms with Crippen molar-refractivity contribution in [3.8, 4) is 0 Å². The van der Waals surface area contributed by atoms with E-state index in [1.165, 1.54) is 0 Å². The molecule has 0 radical (unpaired) electrons. The van der Waals surface area contributed by atoms with Crippen LogP contribution in [0.15, 0.2) is 29.0 Å². The minimum absolute atomic E-state index is 0.0659. The third-order valence-corrected chi connectivity index (χ3v) is 2.57. The Morgan fingerprint density at radius 2 is 2.50 bits per heavy atom. The molecule has 88 valence electrons. The predicted octanol–water partition coefficient (Wildman–Crippen LogP) is 1.75. The quantitative estimate of drug-likeness (QED) is 0.698. The van der Waals surface area contributed by atoms with Crippen LogP contribution in [-0.2, 0) is 9.53 Å². The molecule has 16 heavy (non-hydrogen) atoms. The van der Waals surface area contributed by atoms with Gasteiger partial charge in [0.1, 0.15) is 0 Å². The maximum atomic E-state index is 10.8. The lowest BCUT2D eigenvalue weighted by atomic mass is 9.95. The lowest BCUT2D eigenvalue weighted by Crippen LogP contribution is -2.18. The standard InChI is InChI=1S/C11H15NO4/c1-16-10-4-2-8(3-5-10)6-9(7-12-15)11(13)14/h2-4,9-10H,5-7H2,1H3,(H,13,14)/t9?,10-/m1/s1. The summed E-state index contributed by atoms with van der Waals surface area (Å²) in [5.74, 6) is -1.71. The largest absolute Gasteiger partial charge is 0.481 e. The Labute approximate surface area is 93.8 Å². The summed E-state index contributed by atoms with van der Waals surface area (Å²) in [4.78, 5) is 20.9. The molecule has 0 fully saturated rings. The molecule has 1 aliphatic rings. The van der Waals surface area contributed by atoms with Crippen molar-refractivity contribution in [3.05, 3.63) is 28.7 Å². The van der Waals surface area contributed by atoms with Crippen molar-refractivity contribution in [2.45, 2.75) is 18.9 Å². The number of carbonyl (C=O) groups is 1. The monoisotopic (exact) mass is 225 g/mol. The van der Waals surface area contributed by atoms with Crippen molar-refractivity contribution in [1.82, 2.24) is 0 Å². The molecule has 1 aliphatic carbocycles. The summed E-state index contributed by atoms with van der Waals surface area (Å²) in [6.45, 7) is -0.186. The molecule has 1 N–H and O–H groups in total. The van der Waals surface area contributed by atoms with Gasteiger partial charge in [-0.2, -0.15) is 4.91 Å². The van der Waals surface area contributed by atoms with Crippen LogP contribution in [0.25, 0.3) is 0 Å². The van der Waals surface area contributed by atoms with E-state index in [4.69, 9.17) is 9.84 Å². The summed E-state index contributed by atoms with van der Waals surface area (Å²) in [6.07, 6.45) is 6.82. The van der Waals surface area contributed by atoms with Crippen LogP contribution in [0.4, 0.5) is 0 Å². The van der Waals surface area contributed by atoms with Crippen LogP contribution >= 0.6 is 0 Å². The summed E-state index contributed by atoms with van der Waals surface area (Å²) < 4.78 is 5.12. The number of rotatable bonds is 6. The molecule has 0 saturated heterocycles. The molecule has 0 aliphatic heterocycles. The van der Waals surface area contributed by atoms with Crippen LogP contribution in [0.3, 0.4) is 0 Å². The van der Waals surface area contributed by atoms with Gasteiger partial charge in [-0.3, -0.25) is 4.79 Å². The van der Waals surface area contributed by atoms with Gasteiger partial charge >= 0.3 is 5.97 Å². The maximum absolute atomic E-state index is 10.8. The Balaban J connectivity index is 2.54. The maximum Gasteiger partial charge on any atom is 0.308 e. The van der Waals surface area contributed by atoms with Crippen molar-refractivity contribution in [3.63, 3.8) is 0 Å². The number of carboxylic acids is 1. The first-order valence-corrected chi connectivity index (χ1v) is 5.09. The number of nitrogens with zero attached hydrogens (tertiary/aromatic N) is 1. The Kier molecular flexibility index (Phi) is 4.85. The Hall–Kier alpha value is -1.49. The number of nitroso groups, excluding NO2 is 1. The first kappa shape index (κ1) is 12.6. The van der Waals surface area contributed by atoms with Gasteiger partial charge in [0, 0.05) is 7.11 Å². The van der Waals surface area contributed by atoms with Crippen molar-refractivity contribution >= 4 is 5.97 Å². The van der Waals surface area contributed by atoms with Crippen molar-refractivity contribution in [1.29, 1.82) is 0 Å². The van der Waals surface area contributed by atoms with E-state index in [-0.39, 0.29) is 12.6 Å².